The summed E-state index contributed by atoms with van der Waals surface area (Å²) in [4.78, 5) is 18.5. The predicted molar refractivity (Wildman–Crippen MR) is 68.0 cm³/mol. The van der Waals surface area contributed by atoms with E-state index in [1.54, 1.807) is 7.11 Å². The monoisotopic (exact) mass is 258 g/mol. The second kappa shape index (κ2) is 6.56. The lowest BCUT2D eigenvalue weighted by Gasteiger charge is -2.18. The van der Waals surface area contributed by atoms with Gasteiger partial charge in [0.25, 0.3) is 0 Å². The number of hydrogen-bond acceptors (Lipinski definition) is 6. The fourth-order valence-electron chi connectivity index (χ4n) is 1.39. The van der Waals surface area contributed by atoms with Crippen molar-refractivity contribution in [2.45, 2.75) is 13.8 Å². The van der Waals surface area contributed by atoms with Gasteiger partial charge < -0.3 is 14.4 Å². The van der Waals surface area contributed by atoms with Gasteiger partial charge in [0.1, 0.15) is 4.88 Å². The molecule has 6 heteroatoms. The molecule has 0 aromatic carbocycles. The Labute approximate surface area is 105 Å². The third-order valence-corrected chi connectivity index (χ3v) is 3.57. The number of anilines is 1. The fourth-order valence-corrected chi connectivity index (χ4v) is 2.46. The van der Waals surface area contributed by atoms with Crippen molar-refractivity contribution >= 4 is 22.4 Å². The Balaban J connectivity index is 2.86. The average molecular weight is 258 g/mol. The number of rotatable bonds is 6. The van der Waals surface area contributed by atoms with Gasteiger partial charge in [-0.2, -0.15) is 0 Å². The summed E-state index contributed by atoms with van der Waals surface area (Å²) in [5, 5.41) is 0.836. The molecule has 0 amide bonds. The SMILES string of the molecule is CCN(CCOC)c1nc(C)c(C(=O)OC)s1. The Morgan fingerprint density at radius 3 is 2.71 bits per heavy atom. The van der Waals surface area contributed by atoms with Gasteiger partial charge in [-0.1, -0.05) is 11.3 Å². The highest BCUT2D eigenvalue weighted by Crippen LogP contribution is 2.26. The van der Waals surface area contributed by atoms with Crippen molar-refractivity contribution in [2.75, 3.05) is 38.8 Å². The van der Waals surface area contributed by atoms with E-state index >= 15 is 0 Å². The third kappa shape index (κ3) is 3.41. The third-order valence-electron chi connectivity index (χ3n) is 2.37. The molecule has 1 rings (SSSR count). The van der Waals surface area contributed by atoms with Crippen LogP contribution in [-0.2, 0) is 9.47 Å². The Hall–Kier alpha value is -1.14. The van der Waals surface area contributed by atoms with Crippen LogP contribution < -0.4 is 4.90 Å². The van der Waals surface area contributed by atoms with E-state index in [1.807, 2.05) is 13.8 Å². The maximum atomic E-state index is 11.5. The number of methoxy groups -OCH3 is 2. The lowest BCUT2D eigenvalue weighted by atomic mass is 10.4. The summed E-state index contributed by atoms with van der Waals surface area (Å²) in [6, 6.07) is 0. The van der Waals surface area contributed by atoms with Gasteiger partial charge in [-0.25, -0.2) is 9.78 Å². The number of esters is 1. The highest BCUT2D eigenvalue weighted by atomic mass is 32.1. The van der Waals surface area contributed by atoms with E-state index < -0.39 is 0 Å². The molecule has 1 aromatic heterocycles. The number of aryl methyl sites for hydroxylation is 1. The molecule has 0 aliphatic rings. The molecule has 0 aliphatic carbocycles. The van der Waals surface area contributed by atoms with E-state index in [9.17, 15) is 4.79 Å². The van der Waals surface area contributed by atoms with Crippen LogP contribution in [0.5, 0.6) is 0 Å². The largest absolute Gasteiger partial charge is 0.465 e. The second-order valence-corrected chi connectivity index (χ2v) is 4.45. The van der Waals surface area contributed by atoms with Crippen LogP contribution in [0.25, 0.3) is 0 Å². The van der Waals surface area contributed by atoms with E-state index in [2.05, 4.69) is 9.88 Å². The van der Waals surface area contributed by atoms with Crippen molar-refractivity contribution in [3.05, 3.63) is 10.6 Å². The van der Waals surface area contributed by atoms with Gasteiger partial charge in [0.2, 0.25) is 0 Å². The molecule has 0 saturated heterocycles. The average Bonchev–Trinajstić information content (AvgIpc) is 2.71. The number of aromatic nitrogens is 1. The van der Waals surface area contributed by atoms with Gasteiger partial charge in [-0.05, 0) is 13.8 Å². The summed E-state index contributed by atoms with van der Waals surface area (Å²) in [5.74, 6) is -0.325. The maximum Gasteiger partial charge on any atom is 0.350 e. The molecule has 0 spiro atoms. The van der Waals surface area contributed by atoms with E-state index in [-0.39, 0.29) is 5.97 Å². The molecule has 0 unspecified atom stereocenters. The first-order valence-electron chi connectivity index (χ1n) is 5.43. The smallest absolute Gasteiger partial charge is 0.350 e. The quantitative estimate of drug-likeness (QED) is 0.727. The predicted octanol–water partition coefficient (Wildman–Crippen LogP) is 1.71. The Morgan fingerprint density at radius 2 is 2.18 bits per heavy atom. The molecule has 0 bridgehead atoms. The fraction of sp³-hybridized carbons (Fsp3) is 0.636. The topological polar surface area (TPSA) is 51.7 Å². The molecule has 96 valence electrons. The zero-order valence-corrected chi connectivity index (χ0v) is 11.5. The van der Waals surface area contributed by atoms with E-state index in [0.29, 0.717) is 17.2 Å². The molecule has 0 atom stereocenters. The summed E-state index contributed by atoms with van der Waals surface area (Å²) in [6.45, 7) is 6.10. The van der Waals surface area contributed by atoms with Crippen LogP contribution in [0.15, 0.2) is 0 Å². The standard InChI is InChI=1S/C11H18N2O3S/c1-5-13(6-7-15-3)11-12-8(2)9(17-11)10(14)16-4/h5-7H2,1-4H3. The van der Waals surface area contributed by atoms with Gasteiger partial charge in [0.15, 0.2) is 5.13 Å². The van der Waals surface area contributed by atoms with Gasteiger partial charge in [0.05, 0.1) is 19.4 Å². The number of likely N-dealkylation sites (N-methyl/N-ethyl adjacent to an activating group) is 1. The van der Waals surface area contributed by atoms with Crippen LogP contribution >= 0.6 is 11.3 Å². The molecule has 0 fully saturated rings. The zero-order chi connectivity index (χ0) is 12.8. The Bertz CT molecular complexity index is 379. The normalized spacial score (nSPS) is 10.4. The minimum Gasteiger partial charge on any atom is -0.465 e. The van der Waals surface area contributed by atoms with Gasteiger partial charge in [-0.3, -0.25) is 0 Å². The van der Waals surface area contributed by atoms with Crippen LogP contribution in [0.4, 0.5) is 5.13 Å². The van der Waals surface area contributed by atoms with Gasteiger partial charge in [0, 0.05) is 20.2 Å². The summed E-state index contributed by atoms with van der Waals surface area (Å²) < 4.78 is 9.76. The molecule has 0 radical (unpaired) electrons. The van der Waals surface area contributed by atoms with Crippen molar-refractivity contribution in [3.8, 4) is 0 Å². The molecule has 5 nitrogen and oxygen atoms in total. The van der Waals surface area contributed by atoms with Gasteiger partial charge in [-0.15, -0.1) is 0 Å². The molecule has 0 N–H and O–H groups in total. The number of carbonyl (C=O) groups is 1. The Kier molecular flexibility index (Phi) is 5.37. The van der Waals surface area contributed by atoms with Crippen molar-refractivity contribution in [1.82, 2.24) is 4.98 Å². The molecule has 0 saturated carbocycles. The highest BCUT2D eigenvalue weighted by molar-refractivity contribution is 7.17. The molecule has 0 aliphatic heterocycles. The van der Waals surface area contributed by atoms with Crippen molar-refractivity contribution in [1.29, 1.82) is 0 Å². The van der Waals surface area contributed by atoms with Crippen LogP contribution in [0, 0.1) is 6.92 Å². The lowest BCUT2D eigenvalue weighted by molar-refractivity contribution is 0.0605. The van der Waals surface area contributed by atoms with E-state index in [1.165, 1.54) is 18.4 Å². The van der Waals surface area contributed by atoms with Gasteiger partial charge >= 0.3 is 5.97 Å². The van der Waals surface area contributed by atoms with Crippen molar-refractivity contribution in [2.24, 2.45) is 0 Å². The minimum absolute atomic E-state index is 0.325. The molecular weight excluding hydrogens is 240 g/mol. The first-order valence-corrected chi connectivity index (χ1v) is 6.25. The molecule has 17 heavy (non-hydrogen) atoms. The maximum absolute atomic E-state index is 11.5. The highest BCUT2D eigenvalue weighted by Gasteiger charge is 2.18. The summed E-state index contributed by atoms with van der Waals surface area (Å²) in [7, 11) is 3.05. The zero-order valence-electron chi connectivity index (χ0n) is 10.6. The second-order valence-electron chi connectivity index (χ2n) is 3.48. The Morgan fingerprint density at radius 1 is 1.47 bits per heavy atom. The van der Waals surface area contributed by atoms with Crippen LogP contribution in [-0.4, -0.2) is 44.9 Å². The molecule has 1 aromatic rings. The number of thiazole rings is 1. The number of hydrogen-bond donors (Lipinski definition) is 0. The number of ether oxygens (including phenoxy) is 2. The summed E-state index contributed by atoms with van der Waals surface area (Å²) >= 11 is 1.36. The lowest BCUT2D eigenvalue weighted by Crippen LogP contribution is -2.26. The molecular formula is C11H18N2O3S. The summed E-state index contributed by atoms with van der Waals surface area (Å²) in [5.41, 5.74) is 0.715. The summed E-state index contributed by atoms with van der Waals surface area (Å²) in [6.07, 6.45) is 0. The van der Waals surface area contributed by atoms with Crippen LogP contribution in [0.2, 0.25) is 0 Å². The van der Waals surface area contributed by atoms with Crippen LogP contribution in [0.3, 0.4) is 0 Å². The van der Waals surface area contributed by atoms with Crippen LogP contribution in [0.1, 0.15) is 22.3 Å². The van der Waals surface area contributed by atoms with E-state index in [4.69, 9.17) is 9.47 Å². The number of nitrogens with zero attached hydrogens (tertiary/aromatic N) is 2. The first-order chi connectivity index (χ1) is 8.13. The first kappa shape index (κ1) is 13.9. The minimum atomic E-state index is -0.325. The molecule has 1 heterocycles. The number of carbonyl (C=O) groups excluding carboxylic acids is 1. The van der Waals surface area contributed by atoms with Crippen molar-refractivity contribution < 1.29 is 14.3 Å². The van der Waals surface area contributed by atoms with E-state index in [0.717, 1.165) is 18.2 Å². The van der Waals surface area contributed by atoms with Crippen molar-refractivity contribution in [3.63, 3.8) is 0 Å².